The smallest absolute Gasteiger partial charge is 0.277 e. The molecule has 0 saturated carbocycles. The third kappa shape index (κ3) is 3.04. The van der Waals surface area contributed by atoms with Gasteiger partial charge in [-0.15, -0.1) is 0 Å². The van der Waals surface area contributed by atoms with E-state index in [4.69, 9.17) is 0 Å². The Bertz CT molecular complexity index is 2110. The maximum Gasteiger partial charge on any atom is 0.277 e. The number of fused-ring (bicyclic) bond motifs is 5. The topological polar surface area (TPSA) is 126 Å². The van der Waals surface area contributed by atoms with Gasteiger partial charge in [0.2, 0.25) is 0 Å². The Morgan fingerprint density at radius 2 is 0.865 bits per heavy atom. The Labute approximate surface area is 205 Å². The molecule has 0 spiro atoms. The Kier molecular flexibility index (Phi) is 4.25. The Morgan fingerprint density at radius 1 is 0.459 bits per heavy atom. The monoisotopic (exact) mass is 487 g/mol. The number of para-hydroxylation sites is 2. The van der Waals surface area contributed by atoms with Crippen molar-refractivity contribution in [1.82, 2.24) is 24.5 Å². The first-order valence-electron chi connectivity index (χ1n) is 11.5. The average Bonchev–Trinajstić information content (AvgIpc) is 3.28. The van der Waals surface area contributed by atoms with Crippen molar-refractivity contribution in [3.63, 3.8) is 0 Å². The minimum absolute atomic E-state index is 0.241. The number of H-pyrrole nitrogens is 3. The number of aromatic nitrogens is 5. The van der Waals surface area contributed by atoms with E-state index in [1.54, 1.807) is 72.8 Å². The number of nitrogens with zero attached hydrogens (tertiary/aromatic N) is 2. The van der Waals surface area contributed by atoms with E-state index in [0.29, 0.717) is 33.2 Å². The van der Waals surface area contributed by atoms with Crippen molar-refractivity contribution in [1.29, 1.82) is 0 Å². The molecule has 9 heteroatoms. The van der Waals surface area contributed by atoms with Crippen molar-refractivity contribution in [2.45, 2.75) is 0 Å². The quantitative estimate of drug-likeness (QED) is 0.346. The highest BCUT2D eigenvalue weighted by Crippen LogP contribution is 2.29. The first-order chi connectivity index (χ1) is 18.0. The standard InChI is InChI=1S/C28H17N5O4/c34-25-19-13-23-17(11-21(19)27(36)32(30-25)15-7-3-1-4-8-15)18-12-22-20(14-24(18)29-23)26(35)31-33(28(22)37)16-9-5-2-6-10-16/h1-14,29H,(H,30,34)(H,31,35). The number of benzene rings is 4. The normalized spacial score (nSPS) is 11.7. The molecule has 0 aliphatic heterocycles. The lowest BCUT2D eigenvalue weighted by Gasteiger charge is -2.07. The molecule has 9 nitrogen and oxygen atoms in total. The fourth-order valence-corrected chi connectivity index (χ4v) is 4.91. The molecule has 0 amide bonds. The second-order valence-electron chi connectivity index (χ2n) is 8.85. The molecule has 3 N–H and O–H groups in total. The van der Waals surface area contributed by atoms with Gasteiger partial charge in [-0.25, -0.2) is 9.36 Å². The van der Waals surface area contributed by atoms with Crippen LogP contribution in [0, 0.1) is 0 Å². The van der Waals surface area contributed by atoms with Crippen LogP contribution < -0.4 is 22.2 Å². The van der Waals surface area contributed by atoms with Gasteiger partial charge in [-0.2, -0.15) is 0 Å². The summed E-state index contributed by atoms with van der Waals surface area (Å²) >= 11 is 0. The van der Waals surface area contributed by atoms with Crippen LogP contribution in [0.15, 0.2) is 104 Å². The van der Waals surface area contributed by atoms with Gasteiger partial charge in [0.05, 0.1) is 32.9 Å². The zero-order chi connectivity index (χ0) is 25.3. The first kappa shape index (κ1) is 20.9. The van der Waals surface area contributed by atoms with Gasteiger partial charge >= 0.3 is 0 Å². The Hall–Kier alpha value is -5.44. The van der Waals surface area contributed by atoms with Gasteiger partial charge in [-0.3, -0.25) is 29.4 Å². The largest absolute Gasteiger partial charge is 0.354 e. The molecule has 3 aromatic heterocycles. The van der Waals surface area contributed by atoms with Gasteiger partial charge in [-0.1, -0.05) is 36.4 Å². The molecule has 0 atom stereocenters. The Morgan fingerprint density at radius 3 is 1.27 bits per heavy atom. The molecule has 7 aromatic rings. The number of hydrogen-bond donors (Lipinski definition) is 3. The van der Waals surface area contributed by atoms with Gasteiger partial charge in [-0.05, 0) is 48.5 Å². The van der Waals surface area contributed by atoms with Crippen molar-refractivity contribution in [3.05, 3.63) is 126 Å². The number of hydrogen-bond acceptors (Lipinski definition) is 4. The summed E-state index contributed by atoms with van der Waals surface area (Å²) in [6, 6.07) is 24.3. The van der Waals surface area contributed by atoms with Crippen LogP contribution in [0.5, 0.6) is 0 Å². The molecule has 0 aliphatic rings. The summed E-state index contributed by atoms with van der Waals surface area (Å²) in [4.78, 5) is 55.8. The van der Waals surface area contributed by atoms with Crippen LogP contribution in [-0.4, -0.2) is 24.5 Å². The van der Waals surface area contributed by atoms with Gasteiger partial charge in [0.15, 0.2) is 0 Å². The third-order valence-electron chi connectivity index (χ3n) is 6.69. The van der Waals surface area contributed by atoms with E-state index in [0.717, 1.165) is 0 Å². The van der Waals surface area contributed by atoms with Crippen LogP contribution in [0.25, 0.3) is 54.7 Å². The van der Waals surface area contributed by atoms with Gasteiger partial charge in [0.25, 0.3) is 22.2 Å². The molecule has 4 aromatic carbocycles. The molecule has 37 heavy (non-hydrogen) atoms. The van der Waals surface area contributed by atoms with E-state index >= 15 is 0 Å². The number of aromatic amines is 3. The minimum atomic E-state index is -0.411. The molecular weight excluding hydrogens is 470 g/mol. The van der Waals surface area contributed by atoms with Crippen molar-refractivity contribution < 1.29 is 0 Å². The van der Waals surface area contributed by atoms with Gasteiger partial charge < -0.3 is 4.98 Å². The summed E-state index contributed by atoms with van der Waals surface area (Å²) in [5.74, 6) is 0. The second-order valence-corrected chi connectivity index (χ2v) is 8.85. The lowest BCUT2D eigenvalue weighted by atomic mass is 10.1. The van der Waals surface area contributed by atoms with Crippen LogP contribution in [0.3, 0.4) is 0 Å². The maximum atomic E-state index is 13.4. The summed E-state index contributed by atoms with van der Waals surface area (Å²) in [5.41, 5.74) is 0.730. The van der Waals surface area contributed by atoms with E-state index in [9.17, 15) is 19.2 Å². The molecule has 0 bridgehead atoms. The van der Waals surface area contributed by atoms with Gasteiger partial charge in [0.1, 0.15) is 0 Å². The van der Waals surface area contributed by atoms with Crippen LogP contribution in [0.1, 0.15) is 0 Å². The summed E-state index contributed by atoms with van der Waals surface area (Å²) in [5, 5.41) is 7.58. The predicted octanol–water partition coefficient (Wildman–Crippen LogP) is 3.31. The van der Waals surface area contributed by atoms with E-state index < -0.39 is 11.1 Å². The summed E-state index contributed by atoms with van der Waals surface area (Å²) < 4.78 is 2.44. The van der Waals surface area contributed by atoms with Gasteiger partial charge in [0, 0.05) is 21.8 Å². The summed E-state index contributed by atoms with van der Waals surface area (Å²) in [7, 11) is 0. The number of rotatable bonds is 2. The van der Waals surface area contributed by atoms with Crippen LogP contribution in [0.4, 0.5) is 0 Å². The fourth-order valence-electron chi connectivity index (χ4n) is 4.91. The van der Waals surface area contributed by atoms with Crippen LogP contribution >= 0.6 is 0 Å². The highest BCUT2D eigenvalue weighted by atomic mass is 16.2. The molecule has 3 heterocycles. The Balaban J connectivity index is 1.56. The zero-order valence-electron chi connectivity index (χ0n) is 19.1. The van der Waals surface area contributed by atoms with Crippen molar-refractivity contribution in [2.24, 2.45) is 0 Å². The predicted molar refractivity (Wildman–Crippen MR) is 143 cm³/mol. The molecule has 0 radical (unpaired) electrons. The number of nitrogens with one attached hydrogen (secondary N) is 3. The van der Waals surface area contributed by atoms with Crippen LogP contribution in [-0.2, 0) is 0 Å². The van der Waals surface area contributed by atoms with E-state index in [1.807, 2.05) is 12.1 Å². The van der Waals surface area contributed by atoms with Crippen LogP contribution in [0.2, 0.25) is 0 Å². The molecule has 0 saturated heterocycles. The average molecular weight is 487 g/mol. The van der Waals surface area contributed by atoms with E-state index in [-0.39, 0.29) is 32.7 Å². The molecule has 7 rings (SSSR count). The lowest BCUT2D eigenvalue weighted by molar-refractivity contribution is 0.802. The zero-order valence-corrected chi connectivity index (χ0v) is 19.1. The minimum Gasteiger partial charge on any atom is -0.354 e. The summed E-state index contributed by atoms with van der Waals surface area (Å²) in [6.45, 7) is 0. The summed E-state index contributed by atoms with van der Waals surface area (Å²) in [6.07, 6.45) is 0. The van der Waals surface area contributed by atoms with E-state index in [1.165, 1.54) is 9.36 Å². The molecule has 0 unspecified atom stereocenters. The third-order valence-corrected chi connectivity index (χ3v) is 6.69. The lowest BCUT2D eigenvalue weighted by Crippen LogP contribution is -2.28. The van der Waals surface area contributed by atoms with Crippen molar-refractivity contribution >= 4 is 43.4 Å². The highest BCUT2D eigenvalue weighted by molar-refractivity contribution is 6.14. The SMILES string of the molecule is O=c1[nH]n(-c2ccccc2)c(=O)c2cc3c(cc12)[nH]c1cc2c(=O)[nH]n(-c4ccccc4)c(=O)c2cc13. The molecule has 0 aliphatic carbocycles. The fraction of sp³-hybridized carbons (Fsp3) is 0. The molecular formula is C28H17N5O4. The van der Waals surface area contributed by atoms with E-state index in [2.05, 4.69) is 15.2 Å². The highest BCUT2D eigenvalue weighted by Gasteiger charge is 2.16. The first-order valence-corrected chi connectivity index (χ1v) is 11.5. The second kappa shape index (κ2) is 7.53. The van der Waals surface area contributed by atoms with Crippen molar-refractivity contribution in [2.75, 3.05) is 0 Å². The maximum absolute atomic E-state index is 13.4. The molecule has 178 valence electrons. The molecule has 0 fully saturated rings. The van der Waals surface area contributed by atoms with Crippen molar-refractivity contribution in [3.8, 4) is 11.4 Å².